The van der Waals surface area contributed by atoms with Gasteiger partial charge in [-0.25, -0.2) is 0 Å². The van der Waals surface area contributed by atoms with E-state index in [1.54, 1.807) is 6.92 Å². The zero-order chi connectivity index (χ0) is 19.0. The number of esters is 3. The molecule has 2 aliphatic rings. The van der Waals surface area contributed by atoms with Crippen LogP contribution in [-0.4, -0.2) is 23.5 Å². The number of carbonyl (C=O) groups is 3. The molecule has 0 aromatic carbocycles. The van der Waals surface area contributed by atoms with Crippen LogP contribution in [0.4, 0.5) is 0 Å². The second kappa shape index (κ2) is 7.08. The molecule has 142 valence electrons. The van der Waals surface area contributed by atoms with Gasteiger partial charge >= 0.3 is 17.9 Å². The van der Waals surface area contributed by atoms with Crippen molar-refractivity contribution < 1.29 is 23.9 Å². The maximum Gasteiger partial charge on any atom is 0.317 e. The average molecular weight is 352 g/mol. The predicted molar refractivity (Wildman–Crippen MR) is 93.4 cm³/mol. The topological polar surface area (TPSA) is 69.7 Å². The maximum atomic E-state index is 12.6. The van der Waals surface area contributed by atoms with Crippen LogP contribution in [0.15, 0.2) is 0 Å². The summed E-state index contributed by atoms with van der Waals surface area (Å²) in [6.45, 7) is 11.2. The second-order valence-corrected chi connectivity index (χ2v) is 9.35. The molecule has 1 aliphatic carbocycles. The lowest BCUT2D eigenvalue weighted by Crippen LogP contribution is -2.39. The lowest BCUT2D eigenvalue weighted by atomic mass is 9.65. The molecule has 2 fully saturated rings. The van der Waals surface area contributed by atoms with Crippen molar-refractivity contribution in [2.45, 2.75) is 79.2 Å². The van der Waals surface area contributed by atoms with E-state index in [9.17, 15) is 14.4 Å². The summed E-state index contributed by atoms with van der Waals surface area (Å²) in [5, 5.41) is 0. The van der Waals surface area contributed by atoms with E-state index in [4.69, 9.17) is 9.47 Å². The van der Waals surface area contributed by atoms with Gasteiger partial charge in [0.05, 0.1) is 17.3 Å². The number of rotatable bonds is 4. The first kappa shape index (κ1) is 19.9. The van der Waals surface area contributed by atoms with Crippen LogP contribution in [0.3, 0.4) is 0 Å². The third-order valence-corrected chi connectivity index (χ3v) is 5.54. The van der Waals surface area contributed by atoms with Gasteiger partial charge in [0.25, 0.3) is 0 Å². The lowest BCUT2D eigenvalue weighted by Gasteiger charge is -2.39. The van der Waals surface area contributed by atoms with Crippen molar-refractivity contribution in [3.8, 4) is 0 Å². The van der Waals surface area contributed by atoms with Gasteiger partial charge < -0.3 is 9.47 Å². The highest BCUT2D eigenvalue weighted by atomic mass is 16.6. The Kier molecular flexibility index (Phi) is 5.65. The van der Waals surface area contributed by atoms with Crippen LogP contribution in [0.25, 0.3) is 0 Å². The van der Waals surface area contributed by atoms with Crippen molar-refractivity contribution in [2.75, 3.05) is 0 Å². The zero-order valence-corrected chi connectivity index (χ0v) is 16.4. The summed E-state index contributed by atoms with van der Waals surface area (Å²) in [4.78, 5) is 36.6. The Labute approximate surface area is 150 Å². The second-order valence-electron chi connectivity index (χ2n) is 9.35. The molecule has 0 aromatic rings. The highest BCUT2D eigenvalue weighted by molar-refractivity contribution is 5.96. The van der Waals surface area contributed by atoms with Crippen LogP contribution in [0.5, 0.6) is 0 Å². The van der Waals surface area contributed by atoms with E-state index < -0.39 is 17.0 Å². The van der Waals surface area contributed by atoms with E-state index in [0.717, 1.165) is 25.7 Å². The Morgan fingerprint density at radius 2 is 1.68 bits per heavy atom. The van der Waals surface area contributed by atoms with Gasteiger partial charge in [-0.1, -0.05) is 26.2 Å². The minimum Gasteiger partial charge on any atom is -0.460 e. The van der Waals surface area contributed by atoms with E-state index in [0.29, 0.717) is 6.42 Å². The van der Waals surface area contributed by atoms with Gasteiger partial charge in [-0.2, -0.15) is 0 Å². The van der Waals surface area contributed by atoms with Crippen LogP contribution in [-0.2, 0) is 23.9 Å². The summed E-state index contributed by atoms with van der Waals surface area (Å²) in [7, 11) is 0. The molecule has 5 nitrogen and oxygen atoms in total. The minimum absolute atomic E-state index is 0.101. The first-order valence-electron chi connectivity index (χ1n) is 9.41. The van der Waals surface area contributed by atoms with Gasteiger partial charge in [0.15, 0.2) is 0 Å². The van der Waals surface area contributed by atoms with Gasteiger partial charge in [-0.3, -0.25) is 14.4 Å². The summed E-state index contributed by atoms with van der Waals surface area (Å²) in [6.07, 6.45) is 4.69. The molecular weight excluding hydrogens is 320 g/mol. The number of cyclic esters (lactones) is 2. The van der Waals surface area contributed by atoms with Crippen LogP contribution < -0.4 is 0 Å². The SMILES string of the molecule is CC1C(=O)OC(=O)C1C1CCCCC1CC(C)(C)C(=O)OC(C)(C)C. The fraction of sp³-hybridized carbons (Fsp3) is 0.850. The molecule has 1 saturated heterocycles. The molecule has 2 rings (SSSR count). The molecule has 0 amide bonds. The molecule has 25 heavy (non-hydrogen) atoms. The van der Waals surface area contributed by atoms with Crippen LogP contribution in [0.1, 0.15) is 73.6 Å². The standard InChI is InChI=1S/C20H32O5/c1-12-15(17(22)24-16(12)21)14-10-8-7-9-13(14)11-20(5,6)18(23)25-19(2,3)4/h12-15H,7-11H2,1-6H3. The molecule has 4 atom stereocenters. The van der Waals surface area contributed by atoms with Crippen molar-refractivity contribution in [3.05, 3.63) is 0 Å². The smallest absolute Gasteiger partial charge is 0.317 e. The van der Waals surface area contributed by atoms with E-state index in [1.807, 2.05) is 34.6 Å². The van der Waals surface area contributed by atoms with Crippen LogP contribution >= 0.6 is 0 Å². The van der Waals surface area contributed by atoms with E-state index in [-0.39, 0.29) is 35.6 Å². The quantitative estimate of drug-likeness (QED) is 0.567. The number of carbonyl (C=O) groups excluding carboxylic acids is 3. The molecule has 0 spiro atoms. The maximum absolute atomic E-state index is 12.6. The Morgan fingerprint density at radius 3 is 2.20 bits per heavy atom. The highest BCUT2D eigenvalue weighted by Crippen LogP contribution is 2.46. The Morgan fingerprint density at radius 1 is 1.08 bits per heavy atom. The molecule has 4 unspecified atom stereocenters. The van der Waals surface area contributed by atoms with Gasteiger partial charge in [0.1, 0.15) is 5.60 Å². The number of hydrogen-bond donors (Lipinski definition) is 0. The molecule has 1 heterocycles. The zero-order valence-electron chi connectivity index (χ0n) is 16.4. The normalized spacial score (nSPS) is 31.0. The molecule has 0 N–H and O–H groups in total. The fourth-order valence-corrected chi connectivity index (χ4v) is 4.27. The first-order valence-corrected chi connectivity index (χ1v) is 9.41. The molecule has 1 saturated carbocycles. The molecule has 5 heteroatoms. The Bertz CT molecular complexity index is 543. The lowest BCUT2D eigenvalue weighted by molar-refractivity contribution is -0.167. The van der Waals surface area contributed by atoms with E-state index in [1.165, 1.54) is 0 Å². The molecule has 0 bridgehead atoms. The highest BCUT2D eigenvalue weighted by Gasteiger charge is 2.49. The summed E-state index contributed by atoms with van der Waals surface area (Å²) in [5.74, 6) is -1.43. The summed E-state index contributed by atoms with van der Waals surface area (Å²) < 4.78 is 10.4. The van der Waals surface area contributed by atoms with E-state index in [2.05, 4.69) is 0 Å². The number of hydrogen-bond acceptors (Lipinski definition) is 5. The van der Waals surface area contributed by atoms with Gasteiger partial charge in [-0.05, 0) is 59.3 Å². The van der Waals surface area contributed by atoms with Gasteiger partial charge in [0, 0.05) is 0 Å². The third-order valence-electron chi connectivity index (χ3n) is 5.54. The van der Waals surface area contributed by atoms with Crippen molar-refractivity contribution in [2.24, 2.45) is 29.1 Å². The minimum atomic E-state index is -0.622. The monoisotopic (exact) mass is 352 g/mol. The van der Waals surface area contributed by atoms with Crippen molar-refractivity contribution in [1.82, 2.24) is 0 Å². The van der Waals surface area contributed by atoms with Crippen LogP contribution in [0, 0.1) is 29.1 Å². The molecule has 0 aromatic heterocycles. The summed E-state index contributed by atoms with van der Waals surface area (Å²) >= 11 is 0. The molecular formula is C20H32O5. The molecule has 0 radical (unpaired) electrons. The molecule has 1 aliphatic heterocycles. The third kappa shape index (κ3) is 4.62. The van der Waals surface area contributed by atoms with E-state index >= 15 is 0 Å². The first-order chi connectivity index (χ1) is 11.4. The van der Waals surface area contributed by atoms with Crippen molar-refractivity contribution >= 4 is 17.9 Å². The Hall–Kier alpha value is -1.39. The van der Waals surface area contributed by atoms with Crippen LogP contribution in [0.2, 0.25) is 0 Å². The average Bonchev–Trinajstić information content (AvgIpc) is 2.71. The van der Waals surface area contributed by atoms with Crippen molar-refractivity contribution in [1.29, 1.82) is 0 Å². The number of ether oxygens (including phenoxy) is 2. The van der Waals surface area contributed by atoms with Crippen molar-refractivity contribution in [3.63, 3.8) is 0 Å². The van der Waals surface area contributed by atoms with Gasteiger partial charge in [-0.15, -0.1) is 0 Å². The fourth-order valence-electron chi connectivity index (χ4n) is 4.27. The summed E-state index contributed by atoms with van der Waals surface area (Å²) in [6, 6.07) is 0. The Balaban J connectivity index is 2.14. The predicted octanol–water partition coefficient (Wildman–Crippen LogP) is 3.89. The largest absolute Gasteiger partial charge is 0.460 e. The summed E-state index contributed by atoms with van der Waals surface area (Å²) in [5.41, 5.74) is -1.14. The van der Waals surface area contributed by atoms with Gasteiger partial charge in [0.2, 0.25) is 0 Å².